The van der Waals surface area contributed by atoms with Crippen LogP contribution in [-0.4, -0.2) is 53.2 Å². The van der Waals surface area contributed by atoms with Crippen molar-refractivity contribution in [1.82, 2.24) is 10.3 Å². The molecule has 1 aromatic carbocycles. The molecule has 0 saturated carbocycles. The summed E-state index contributed by atoms with van der Waals surface area (Å²) in [6, 6.07) is 6.98. The van der Waals surface area contributed by atoms with Crippen LogP contribution in [-0.2, 0) is 23.9 Å². The number of carboxylic acid groups (broad SMARTS) is 1. The van der Waals surface area contributed by atoms with Crippen LogP contribution in [0.15, 0.2) is 36.5 Å². The molecular formula is C20H22N2O7. The maximum Gasteiger partial charge on any atom is 0.327 e. The second-order valence-electron chi connectivity index (χ2n) is 6.07. The number of hydrogen-bond acceptors (Lipinski definition) is 7. The van der Waals surface area contributed by atoms with E-state index >= 15 is 0 Å². The third-order valence-corrected chi connectivity index (χ3v) is 4.09. The van der Waals surface area contributed by atoms with Crippen molar-refractivity contribution >= 4 is 34.7 Å². The Labute approximate surface area is 167 Å². The lowest BCUT2D eigenvalue weighted by molar-refractivity contribution is -0.159. The van der Waals surface area contributed by atoms with Gasteiger partial charge in [-0.2, -0.15) is 0 Å². The van der Waals surface area contributed by atoms with Gasteiger partial charge in [0, 0.05) is 11.6 Å². The fourth-order valence-electron chi connectivity index (χ4n) is 2.74. The number of rotatable bonds is 9. The second kappa shape index (κ2) is 10.2. The lowest BCUT2D eigenvalue weighted by Crippen LogP contribution is -2.49. The van der Waals surface area contributed by atoms with Crippen LogP contribution in [0.2, 0.25) is 0 Å². The van der Waals surface area contributed by atoms with E-state index in [-0.39, 0.29) is 18.8 Å². The minimum atomic E-state index is -1.68. The highest BCUT2D eigenvalue weighted by atomic mass is 16.5. The number of carboxylic acids is 1. The Balaban J connectivity index is 2.27. The Bertz CT molecular complexity index is 913. The molecule has 0 radical (unpaired) electrons. The molecule has 0 fully saturated rings. The number of hydrogen-bond donors (Lipinski definition) is 2. The highest BCUT2D eigenvalue weighted by molar-refractivity contribution is 6.00. The van der Waals surface area contributed by atoms with E-state index in [9.17, 15) is 24.3 Å². The van der Waals surface area contributed by atoms with Crippen molar-refractivity contribution in [3.05, 3.63) is 42.1 Å². The van der Waals surface area contributed by atoms with Gasteiger partial charge < -0.3 is 19.9 Å². The highest BCUT2D eigenvalue weighted by Gasteiger charge is 2.38. The Hall–Kier alpha value is -3.49. The van der Waals surface area contributed by atoms with Crippen LogP contribution in [0.1, 0.15) is 30.6 Å². The number of aromatic nitrogens is 1. The van der Waals surface area contributed by atoms with Gasteiger partial charge in [-0.25, -0.2) is 4.79 Å². The summed E-state index contributed by atoms with van der Waals surface area (Å²) in [4.78, 5) is 52.7. The lowest BCUT2D eigenvalue weighted by atomic mass is 9.95. The molecular weight excluding hydrogens is 380 g/mol. The Morgan fingerprint density at radius 3 is 2.45 bits per heavy atom. The van der Waals surface area contributed by atoms with E-state index in [0.29, 0.717) is 10.9 Å². The number of nitrogens with one attached hydrogen (secondary N) is 1. The van der Waals surface area contributed by atoms with Crippen LogP contribution >= 0.6 is 0 Å². The zero-order valence-corrected chi connectivity index (χ0v) is 16.1. The number of esters is 2. The Morgan fingerprint density at radius 2 is 1.79 bits per heavy atom. The smallest absolute Gasteiger partial charge is 0.327 e. The van der Waals surface area contributed by atoms with Crippen LogP contribution in [0.25, 0.3) is 10.9 Å². The first-order chi connectivity index (χ1) is 13.9. The van der Waals surface area contributed by atoms with Crippen LogP contribution < -0.4 is 5.32 Å². The minimum absolute atomic E-state index is 0.00691. The minimum Gasteiger partial charge on any atom is -0.480 e. The fourth-order valence-corrected chi connectivity index (χ4v) is 2.74. The Morgan fingerprint density at radius 1 is 1.10 bits per heavy atom. The molecule has 0 saturated heterocycles. The first kappa shape index (κ1) is 21.8. The van der Waals surface area contributed by atoms with Gasteiger partial charge in [-0.05, 0) is 26.0 Å². The predicted octanol–water partition coefficient (Wildman–Crippen LogP) is 1.55. The van der Waals surface area contributed by atoms with E-state index in [1.807, 2.05) is 0 Å². The van der Waals surface area contributed by atoms with Crippen molar-refractivity contribution in [2.45, 2.75) is 26.3 Å². The van der Waals surface area contributed by atoms with Crippen molar-refractivity contribution in [1.29, 1.82) is 0 Å². The van der Waals surface area contributed by atoms with Gasteiger partial charge in [-0.1, -0.05) is 18.2 Å². The van der Waals surface area contributed by atoms with E-state index in [0.717, 1.165) is 0 Å². The molecule has 1 amide bonds. The van der Waals surface area contributed by atoms with Gasteiger partial charge >= 0.3 is 17.9 Å². The fraction of sp³-hybridized carbons (Fsp3) is 0.350. The molecule has 9 nitrogen and oxygen atoms in total. The summed E-state index contributed by atoms with van der Waals surface area (Å²) in [5.41, 5.74) is 0.791. The van der Waals surface area contributed by atoms with Gasteiger partial charge in [-0.3, -0.25) is 19.4 Å². The second-order valence-corrected chi connectivity index (χ2v) is 6.07. The van der Waals surface area contributed by atoms with Crippen LogP contribution in [0.4, 0.5) is 0 Å². The topological polar surface area (TPSA) is 132 Å². The maximum atomic E-state index is 12.6. The molecule has 1 heterocycles. The number of para-hydroxylation sites is 1. The zero-order chi connectivity index (χ0) is 21.4. The van der Waals surface area contributed by atoms with Gasteiger partial charge in [0.05, 0.1) is 36.6 Å². The number of carbonyl (C=O) groups is 4. The van der Waals surface area contributed by atoms with Gasteiger partial charge in [-0.15, -0.1) is 0 Å². The predicted molar refractivity (Wildman–Crippen MR) is 102 cm³/mol. The average Bonchev–Trinajstić information content (AvgIpc) is 2.70. The first-order valence-electron chi connectivity index (χ1n) is 9.08. The third kappa shape index (κ3) is 5.74. The van der Waals surface area contributed by atoms with Crippen molar-refractivity contribution in [3.8, 4) is 0 Å². The standard InChI is InChI=1S/C20H22N2O7/c1-3-28-16(23)10-14(20(27)29-4-2)17(19(25)26)22-18(24)13-9-12-7-5-6-8-15(12)21-11-13/h5-9,11,14,17H,3-4,10H2,1-2H3,(H,22,24)(H,25,26)/t14-,17+/m0/s1. The summed E-state index contributed by atoms with van der Waals surface area (Å²) in [6.45, 7) is 3.20. The summed E-state index contributed by atoms with van der Waals surface area (Å²) >= 11 is 0. The number of nitrogens with zero attached hydrogens (tertiary/aromatic N) is 1. The van der Waals surface area contributed by atoms with Crippen molar-refractivity contribution in [2.75, 3.05) is 13.2 Å². The number of amides is 1. The van der Waals surface area contributed by atoms with Gasteiger partial charge in [0.2, 0.25) is 0 Å². The number of benzene rings is 1. The van der Waals surface area contributed by atoms with E-state index in [1.165, 1.54) is 6.20 Å². The molecule has 1 aromatic heterocycles. The molecule has 0 spiro atoms. The summed E-state index contributed by atoms with van der Waals surface area (Å²) in [5.74, 6) is -5.34. The quantitative estimate of drug-likeness (QED) is 0.604. The van der Waals surface area contributed by atoms with Crippen molar-refractivity contribution in [3.63, 3.8) is 0 Å². The number of fused-ring (bicyclic) bond motifs is 1. The molecule has 29 heavy (non-hydrogen) atoms. The molecule has 2 atom stereocenters. The SMILES string of the molecule is CCOC(=O)C[C@H](C(=O)OCC)[C@@H](NC(=O)c1cnc2ccccc2c1)C(=O)O. The molecule has 0 unspecified atom stereocenters. The van der Waals surface area contributed by atoms with Crippen molar-refractivity contribution < 1.29 is 33.8 Å². The molecule has 9 heteroatoms. The maximum absolute atomic E-state index is 12.6. The molecule has 2 aromatic rings. The molecule has 0 aliphatic heterocycles. The van der Waals surface area contributed by atoms with Gasteiger partial charge in [0.1, 0.15) is 6.04 Å². The molecule has 0 bridgehead atoms. The molecule has 2 rings (SSSR count). The monoisotopic (exact) mass is 402 g/mol. The largest absolute Gasteiger partial charge is 0.480 e. The number of pyridine rings is 1. The third-order valence-electron chi connectivity index (χ3n) is 4.09. The summed E-state index contributed by atoms with van der Waals surface area (Å²) in [7, 11) is 0. The normalized spacial score (nSPS) is 12.6. The summed E-state index contributed by atoms with van der Waals surface area (Å²) < 4.78 is 9.69. The van der Waals surface area contributed by atoms with Crippen molar-refractivity contribution in [2.24, 2.45) is 5.92 Å². The number of carbonyl (C=O) groups excluding carboxylic acids is 3. The van der Waals surface area contributed by atoms with E-state index < -0.39 is 42.2 Å². The summed E-state index contributed by atoms with van der Waals surface area (Å²) in [6.07, 6.45) is 0.765. The van der Waals surface area contributed by atoms with E-state index in [1.54, 1.807) is 44.2 Å². The lowest BCUT2D eigenvalue weighted by Gasteiger charge is -2.22. The molecule has 0 aliphatic carbocycles. The van der Waals surface area contributed by atoms with Crippen LogP contribution in [0.3, 0.4) is 0 Å². The highest BCUT2D eigenvalue weighted by Crippen LogP contribution is 2.16. The molecule has 154 valence electrons. The van der Waals surface area contributed by atoms with Gasteiger partial charge in [0.25, 0.3) is 5.91 Å². The van der Waals surface area contributed by atoms with Gasteiger partial charge in [0.15, 0.2) is 0 Å². The van der Waals surface area contributed by atoms with E-state index in [4.69, 9.17) is 9.47 Å². The average molecular weight is 402 g/mol. The van der Waals surface area contributed by atoms with E-state index in [2.05, 4.69) is 10.3 Å². The zero-order valence-electron chi connectivity index (χ0n) is 16.1. The van der Waals surface area contributed by atoms with Crippen LogP contribution in [0, 0.1) is 5.92 Å². The molecule has 0 aliphatic rings. The number of ether oxygens (including phenoxy) is 2. The summed E-state index contributed by atoms with van der Waals surface area (Å²) in [5, 5.41) is 12.6. The number of aliphatic carboxylic acids is 1. The van der Waals surface area contributed by atoms with Crippen LogP contribution in [0.5, 0.6) is 0 Å². The first-order valence-corrected chi connectivity index (χ1v) is 9.08. The Kier molecular flexibility index (Phi) is 7.64. The molecule has 2 N–H and O–H groups in total.